The lowest BCUT2D eigenvalue weighted by Crippen LogP contribution is -2.08. The van der Waals surface area contributed by atoms with Gasteiger partial charge in [-0.25, -0.2) is 4.39 Å². The van der Waals surface area contributed by atoms with E-state index in [4.69, 9.17) is 9.26 Å². The Morgan fingerprint density at radius 3 is 2.65 bits per heavy atom. The summed E-state index contributed by atoms with van der Waals surface area (Å²) < 4.78 is 23.9. The van der Waals surface area contributed by atoms with Crippen LogP contribution in [0.4, 0.5) is 10.3 Å². The number of methoxy groups -OCH3 is 1. The third kappa shape index (κ3) is 3.31. The first-order chi connectivity index (χ1) is 11.2. The summed E-state index contributed by atoms with van der Waals surface area (Å²) >= 11 is 0. The summed E-state index contributed by atoms with van der Waals surface area (Å²) in [5.74, 6) is 0.595. The van der Waals surface area contributed by atoms with Crippen molar-refractivity contribution in [3.05, 3.63) is 59.9 Å². The van der Waals surface area contributed by atoms with Crippen molar-refractivity contribution in [3.8, 4) is 17.2 Å². The number of benzene rings is 2. The van der Waals surface area contributed by atoms with Crippen LogP contribution in [-0.4, -0.2) is 17.3 Å². The van der Waals surface area contributed by atoms with E-state index in [9.17, 15) is 4.39 Å². The number of ether oxygens (including phenoxy) is 1. The molecule has 0 fully saturated rings. The Morgan fingerprint density at radius 1 is 1.17 bits per heavy atom. The van der Waals surface area contributed by atoms with Gasteiger partial charge >= 0.3 is 0 Å². The molecule has 1 atom stereocenters. The van der Waals surface area contributed by atoms with Crippen LogP contribution in [-0.2, 0) is 0 Å². The van der Waals surface area contributed by atoms with Crippen molar-refractivity contribution < 1.29 is 13.7 Å². The van der Waals surface area contributed by atoms with E-state index in [2.05, 4.69) is 15.5 Å². The summed E-state index contributed by atoms with van der Waals surface area (Å²) in [6, 6.07) is 14.1. The number of rotatable bonds is 5. The Labute approximate surface area is 133 Å². The number of nitrogens with zero attached hydrogens (tertiary/aromatic N) is 2. The van der Waals surface area contributed by atoms with Gasteiger partial charge in [-0.2, -0.15) is 4.98 Å². The molecule has 5 nitrogen and oxygen atoms in total. The van der Waals surface area contributed by atoms with Crippen LogP contribution in [0.2, 0.25) is 0 Å². The monoisotopic (exact) mass is 313 g/mol. The molecule has 1 N–H and O–H groups in total. The van der Waals surface area contributed by atoms with Crippen LogP contribution in [0.1, 0.15) is 18.5 Å². The van der Waals surface area contributed by atoms with E-state index in [0.29, 0.717) is 11.8 Å². The minimum atomic E-state index is -0.406. The lowest BCUT2D eigenvalue weighted by molar-refractivity contribution is 0.386. The summed E-state index contributed by atoms with van der Waals surface area (Å²) in [5.41, 5.74) is 1.60. The minimum absolute atomic E-state index is 0.184. The summed E-state index contributed by atoms with van der Waals surface area (Å²) in [6.07, 6.45) is 0. The third-order valence-corrected chi connectivity index (χ3v) is 3.47. The van der Waals surface area contributed by atoms with Crippen LogP contribution < -0.4 is 10.1 Å². The van der Waals surface area contributed by atoms with Crippen LogP contribution >= 0.6 is 0 Å². The molecule has 1 aromatic heterocycles. The first kappa shape index (κ1) is 15.0. The molecule has 0 saturated heterocycles. The molecule has 118 valence electrons. The van der Waals surface area contributed by atoms with Gasteiger partial charge < -0.3 is 14.6 Å². The predicted molar refractivity (Wildman–Crippen MR) is 84.7 cm³/mol. The fraction of sp³-hybridized carbons (Fsp3) is 0.176. The topological polar surface area (TPSA) is 60.2 Å². The summed E-state index contributed by atoms with van der Waals surface area (Å²) in [5, 5.41) is 6.99. The maximum atomic E-state index is 13.8. The van der Waals surface area contributed by atoms with Crippen molar-refractivity contribution in [2.75, 3.05) is 12.4 Å². The van der Waals surface area contributed by atoms with Crippen LogP contribution in [0, 0.1) is 5.82 Å². The molecular formula is C17H16FN3O2. The highest BCUT2D eigenvalue weighted by molar-refractivity contribution is 5.53. The zero-order valence-corrected chi connectivity index (χ0v) is 12.8. The minimum Gasteiger partial charge on any atom is -0.494 e. The van der Waals surface area contributed by atoms with E-state index in [-0.39, 0.29) is 11.8 Å². The molecule has 23 heavy (non-hydrogen) atoms. The highest BCUT2D eigenvalue weighted by atomic mass is 19.1. The fourth-order valence-electron chi connectivity index (χ4n) is 2.21. The van der Waals surface area contributed by atoms with Crippen molar-refractivity contribution in [3.63, 3.8) is 0 Å². The molecule has 1 unspecified atom stereocenters. The zero-order chi connectivity index (χ0) is 16.2. The number of anilines is 1. The highest BCUT2D eigenvalue weighted by Crippen LogP contribution is 2.24. The molecular weight excluding hydrogens is 297 g/mol. The Balaban J connectivity index is 1.74. The van der Waals surface area contributed by atoms with Gasteiger partial charge in [0, 0.05) is 5.56 Å². The van der Waals surface area contributed by atoms with Gasteiger partial charge in [0.15, 0.2) is 11.6 Å². The Hall–Kier alpha value is -2.89. The standard InChI is InChI=1S/C17H16FN3O2/c1-11(13-8-9-15(22-2)14(18)10-13)19-17-20-16(23-21-17)12-6-4-3-5-7-12/h3-11H,1-2H3,(H,19,21). The second-order valence-electron chi connectivity index (χ2n) is 5.05. The average molecular weight is 313 g/mol. The van der Waals surface area contributed by atoms with Crippen molar-refractivity contribution in [2.45, 2.75) is 13.0 Å². The molecule has 3 rings (SSSR count). The lowest BCUT2D eigenvalue weighted by Gasteiger charge is -2.13. The smallest absolute Gasteiger partial charge is 0.264 e. The number of nitrogens with one attached hydrogen (secondary N) is 1. The first-order valence-corrected chi connectivity index (χ1v) is 7.16. The van der Waals surface area contributed by atoms with Crippen LogP contribution in [0.5, 0.6) is 5.75 Å². The molecule has 0 aliphatic heterocycles. The second-order valence-corrected chi connectivity index (χ2v) is 5.05. The van der Waals surface area contributed by atoms with Gasteiger partial charge in [-0.1, -0.05) is 24.3 Å². The van der Waals surface area contributed by atoms with E-state index in [1.165, 1.54) is 13.2 Å². The average Bonchev–Trinajstić information content (AvgIpc) is 3.04. The van der Waals surface area contributed by atoms with Crippen molar-refractivity contribution >= 4 is 5.95 Å². The molecule has 0 radical (unpaired) electrons. The number of hydrogen-bond acceptors (Lipinski definition) is 5. The second kappa shape index (κ2) is 6.48. The molecule has 3 aromatic rings. The lowest BCUT2D eigenvalue weighted by atomic mass is 10.1. The SMILES string of the molecule is COc1ccc(C(C)Nc2noc(-c3ccccc3)n2)cc1F. The molecule has 0 bridgehead atoms. The van der Waals surface area contributed by atoms with Crippen molar-refractivity contribution in [2.24, 2.45) is 0 Å². The van der Waals surface area contributed by atoms with Gasteiger partial charge in [0.05, 0.1) is 13.2 Å². The van der Waals surface area contributed by atoms with Gasteiger partial charge in [0.25, 0.3) is 11.8 Å². The molecule has 0 aliphatic carbocycles. The summed E-state index contributed by atoms with van der Waals surface area (Å²) in [4.78, 5) is 4.29. The molecule has 0 saturated carbocycles. The number of hydrogen-bond donors (Lipinski definition) is 1. The van der Waals surface area contributed by atoms with Gasteiger partial charge in [-0.3, -0.25) is 0 Å². The van der Waals surface area contributed by atoms with Crippen molar-refractivity contribution in [1.29, 1.82) is 0 Å². The van der Waals surface area contributed by atoms with Crippen molar-refractivity contribution in [1.82, 2.24) is 10.1 Å². The molecule has 0 amide bonds. The highest BCUT2D eigenvalue weighted by Gasteiger charge is 2.13. The van der Waals surface area contributed by atoms with Gasteiger partial charge in [0.1, 0.15) is 0 Å². The number of halogens is 1. The molecule has 0 spiro atoms. The molecule has 2 aromatic carbocycles. The maximum Gasteiger partial charge on any atom is 0.264 e. The quantitative estimate of drug-likeness (QED) is 0.770. The normalized spacial score (nSPS) is 12.0. The van der Waals surface area contributed by atoms with Gasteiger partial charge in [0.2, 0.25) is 0 Å². The van der Waals surface area contributed by atoms with E-state index in [1.54, 1.807) is 12.1 Å². The Kier molecular flexibility index (Phi) is 4.23. The van der Waals surface area contributed by atoms with Gasteiger partial charge in [-0.05, 0) is 41.9 Å². The van der Waals surface area contributed by atoms with Crippen LogP contribution in [0.25, 0.3) is 11.5 Å². The van der Waals surface area contributed by atoms with E-state index in [1.807, 2.05) is 37.3 Å². The maximum absolute atomic E-state index is 13.8. The van der Waals surface area contributed by atoms with Crippen LogP contribution in [0.3, 0.4) is 0 Å². The third-order valence-electron chi connectivity index (χ3n) is 3.47. The molecule has 0 aliphatic rings. The first-order valence-electron chi connectivity index (χ1n) is 7.16. The van der Waals surface area contributed by atoms with Gasteiger partial charge in [-0.15, -0.1) is 0 Å². The van der Waals surface area contributed by atoms with Crippen LogP contribution in [0.15, 0.2) is 53.1 Å². The van der Waals surface area contributed by atoms with E-state index < -0.39 is 5.82 Å². The predicted octanol–water partition coefficient (Wildman–Crippen LogP) is 4.06. The largest absolute Gasteiger partial charge is 0.494 e. The summed E-state index contributed by atoms with van der Waals surface area (Å²) in [6.45, 7) is 1.89. The number of aromatic nitrogens is 2. The Bertz CT molecular complexity index is 790. The molecule has 1 heterocycles. The Morgan fingerprint density at radius 2 is 1.96 bits per heavy atom. The molecule has 6 heteroatoms. The zero-order valence-electron chi connectivity index (χ0n) is 12.8. The fourth-order valence-corrected chi connectivity index (χ4v) is 2.21. The van der Waals surface area contributed by atoms with E-state index in [0.717, 1.165) is 11.1 Å². The summed E-state index contributed by atoms with van der Waals surface area (Å²) in [7, 11) is 1.43. The van der Waals surface area contributed by atoms with E-state index >= 15 is 0 Å².